The van der Waals surface area contributed by atoms with Crippen molar-refractivity contribution in [2.45, 2.75) is 13.8 Å². The predicted molar refractivity (Wildman–Crippen MR) is 78.1 cm³/mol. The van der Waals surface area contributed by atoms with E-state index in [9.17, 15) is 9.18 Å². The van der Waals surface area contributed by atoms with Gasteiger partial charge in [0.15, 0.2) is 0 Å². The third-order valence-electron chi connectivity index (χ3n) is 2.88. The Labute approximate surface area is 116 Å². The minimum atomic E-state index is -0.569. The Kier molecular flexibility index (Phi) is 4.00. The van der Waals surface area contributed by atoms with Gasteiger partial charge in [-0.2, -0.15) is 0 Å². The highest BCUT2D eigenvalue weighted by molar-refractivity contribution is 6.08. The van der Waals surface area contributed by atoms with Crippen molar-refractivity contribution >= 4 is 17.3 Å². The summed E-state index contributed by atoms with van der Waals surface area (Å²) in [6.07, 6.45) is 0. The summed E-state index contributed by atoms with van der Waals surface area (Å²) in [5.41, 5.74) is 5.10. The zero-order chi connectivity index (χ0) is 14.7. The fourth-order valence-electron chi connectivity index (χ4n) is 2.11. The summed E-state index contributed by atoms with van der Waals surface area (Å²) in [4.78, 5) is 12.2. The maximum absolute atomic E-state index is 13.6. The lowest BCUT2D eigenvalue weighted by Gasteiger charge is -2.11. The van der Waals surface area contributed by atoms with E-state index in [1.54, 1.807) is 0 Å². The van der Waals surface area contributed by atoms with Crippen LogP contribution in [0.1, 0.15) is 21.5 Å². The SMILES string of the molecule is Cc1cc(C)cc(NC(=O)c2cccc(F)c2NN)c1. The van der Waals surface area contributed by atoms with Crippen LogP contribution < -0.4 is 16.6 Å². The summed E-state index contributed by atoms with van der Waals surface area (Å²) in [5.74, 6) is 4.28. The molecule has 0 aliphatic rings. The maximum atomic E-state index is 13.6. The second kappa shape index (κ2) is 5.71. The molecule has 4 nitrogen and oxygen atoms in total. The Morgan fingerprint density at radius 1 is 1.15 bits per heavy atom. The predicted octanol–water partition coefficient (Wildman–Crippen LogP) is 2.98. The molecule has 5 heteroatoms. The van der Waals surface area contributed by atoms with Crippen molar-refractivity contribution in [2.75, 3.05) is 10.7 Å². The molecule has 0 aliphatic carbocycles. The number of nitrogen functional groups attached to an aromatic ring is 1. The Balaban J connectivity index is 2.31. The van der Waals surface area contributed by atoms with Gasteiger partial charge in [-0.25, -0.2) is 4.39 Å². The number of carbonyl (C=O) groups excluding carboxylic acids is 1. The van der Waals surface area contributed by atoms with Crippen LogP contribution in [0.5, 0.6) is 0 Å². The number of nitrogens with two attached hydrogens (primary N) is 1. The smallest absolute Gasteiger partial charge is 0.257 e. The number of anilines is 2. The molecule has 0 aromatic heterocycles. The number of halogens is 1. The molecule has 0 unspecified atom stereocenters. The van der Waals surface area contributed by atoms with Crippen LogP contribution in [0.2, 0.25) is 0 Å². The normalized spacial score (nSPS) is 10.2. The minimum absolute atomic E-state index is 0.0191. The van der Waals surface area contributed by atoms with Gasteiger partial charge in [-0.3, -0.25) is 10.6 Å². The highest BCUT2D eigenvalue weighted by Gasteiger charge is 2.14. The van der Waals surface area contributed by atoms with Crippen molar-refractivity contribution in [3.63, 3.8) is 0 Å². The highest BCUT2D eigenvalue weighted by Crippen LogP contribution is 2.21. The van der Waals surface area contributed by atoms with E-state index in [0.29, 0.717) is 5.69 Å². The molecule has 2 aromatic carbocycles. The number of aryl methyl sites for hydroxylation is 2. The van der Waals surface area contributed by atoms with Gasteiger partial charge in [0, 0.05) is 5.69 Å². The summed E-state index contributed by atoms with van der Waals surface area (Å²) in [5, 5.41) is 2.74. The topological polar surface area (TPSA) is 67.2 Å². The van der Waals surface area contributed by atoms with Gasteiger partial charge in [-0.1, -0.05) is 12.1 Å². The molecule has 0 spiro atoms. The molecule has 2 aromatic rings. The zero-order valence-corrected chi connectivity index (χ0v) is 11.3. The van der Waals surface area contributed by atoms with Crippen molar-refractivity contribution in [1.29, 1.82) is 0 Å². The monoisotopic (exact) mass is 273 g/mol. The number of hydrazine groups is 1. The van der Waals surface area contributed by atoms with Gasteiger partial charge in [0.2, 0.25) is 0 Å². The number of rotatable bonds is 3. The Morgan fingerprint density at radius 2 is 1.80 bits per heavy atom. The molecule has 0 saturated heterocycles. The van der Waals surface area contributed by atoms with E-state index in [1.165, 1.54) is 18.2 Å². The summed E-state index contributed by atoms with van der Waals surface area (Å²) >= 11 is 0. The molecule has 2 rings (SSSR count). The van der Waals surface area contributed by atoms with Crippen molar-refractivity contribution in [1.82, 2.24) is 0 Å². The number of para-hydroxylation sites is 1. The van der Waals surface area contributed by atoms with E-state index in [4.69, 9.17) is 5.84 Å². The van der Waals surface area contributed by atoms with E-state index in [1.807, 2.05) is 32.0 Å². The third-order valence-corrected chi connectivity index (χ3v) is 2.88. The standard InChI is InChI=1S/C15H16FN3O/c1-9-6-10(2)8-11(7-9)18-15(20)12-4-3-5-13(16)14(12)19-17/h3-8,19H,17H2,1-2H3,(H,18,20). The number of carbonyl (C=O) groups is 1. The summed E-state index contributed by atoms with van der Waals surface area (Å²) < 4.78 is 13.6. The van der Waals surface area contributed by atoms with Crippen LogP contribution >= 0.6 is 0 Å². The average molecular weight is 273 g/mol. The highest BCUT2D eigenvalue weighted by atomic mass is 19.1. The van der Waals surface area contributed by atoms with Crippen LogP contribution in [-0.2, 0) is 0 Å². The first-order valence-electron chi connectivity index (χ1n) is 6.16. The van der Waals surface area contributed by atoms with E-state index in [-0.39, 0.29) is 11.3 Å². The average Bonchev–Trinajstić information content (AvgIpc) is 2.37. The minimum Gasteiger partial charge on any atom is -0.322 e. The molecule has 0 bridgehead atoms. The van der Waals surface area contributed by atoms with Gasteiger partial charge >= 0.3 is 0 Å². The number of amides is 1. The molecular formula is C15H16FN3O. The zero-order valence-electron chi connectivity index (χ0n) is 11.3. The lowest BCUT2D eigenvalue weighted by atomic mass is 10.1. The number of hydrogen-bond donors (Lipinski definition) is 3. The molecule has 1 amide bonds. The quantitative estimate of drug-likeness (QED) is 0.595. The van der Waals surface area contributed by atoms with Crippen molar-refractivity contribution in [3.8, 4) is 0 Å². The fourth-order valence-corrected chi connectivity index (χ4v) is 2.11. The Hall–Kier alpha value is -2.40. The van der Waals surface area contributed by atoms with Crippen LogP contribution in [0.15, 0.2) is 36.4 Å². The van der Waals surface area contributed by atoms with E-state index >= 15 is 0 Å². The molecule has 0 heterocycles. The van der Waals surface area contributed by atoms with E-state index < -0.39 is 11.7 Å². The van der Waals surface area contributed by atoms with Gasteiger partial charge in [-0.15, -0.1) is 0 Å². The molecule has 0 aliphatic heterocycles. The molecule has 0 saturated carbocycles. The lowest BCUT2D eigenvalue weighted by molar-refractivity contribution is 0.102. The fraction of sp³-hybridized carbons (Fsp3) is 0.133. The van der Waals surface area contributed by atoms with Gasteiger partial charge < -0.3 is 10.7 Å². The molecule has 0 atom stereocenters. The first-order valence-corrected chi connectivity index (χ1v) is 6.16. The number of benzene rings is 2. The second-order valence-electron chi connectivity index (χ2n) is 4.64. The molecule has 0 fully saturated rings. The molecule has 20 heavy (non-hydrogen) atoms. The summed E-state index contributed by atoms with van der Waals surface area (Å²) in [6, 6.07) is 9.91. The van der Waals surface area contributed by atoms with Crippen LogP contribution in [0.25, 0.3) is 0 Å². The molecule has 0 radical (unpaired) electrons. The van der Waals surface area contributed by atoms with Gasteiger partial charge in [0.1, 0.15) is 5.82 Å². The molecule has 4 N–H and O–H groups in total. The second-order valence-corrected chi connectivity index (χ2v) is 4.64. The van der Waals surface area contributed by atoms with Crippen molar-refractivity contribution < 1.29 is 9.18 Å². The van der Waals surface area contributed by atoms with Gasteiger partial charge in [0.05, 0.1) is 11.3 Å². The molecule has 104 valence electrons. The lowest BCUT2D eigenvalue weighted by Crippen LogP contribution is -2.18. The van der Waals surface area contributed by atoms with Crippen molar-refractivity contribution in [3.05, 3.63) is 58.9 Å². The van der Waals surface area contributed by atoms with Crippen molar-refractivity contribution in [2.24, 2.45) is 5.84 Å². The number of hydrogen-bond acceptors (Lipinski definition) is 3. The Bertz CT molecular complexity index is 635. The molecular weight excluding hydrogens is 257 g/mol. The maximum Gasteiger partial charge on any atom is 0.257 e. The van der Waals surface area contributed by atoms with Gasteiger partial charge in [-0.05, 0) is 49.2 Å². The largest absolute Gasteiger partial charge is 0.322 e. The first-order chi connectivity index (χ1) is 9.51. The van der Waals surface area contributed by atoms with Crippen LogP contribution in [0.4, 0.5) is 15.8 Å². The Morgan fingerprint density at radius 3 is 2.40 bits per heavy atom. The summed E-state index contributed by atoms with van der Waals surface area (Å²) in [7, 11) is 0. The van der Waals surface area contributed by atoms with Crippen LogP contribution in [0.3, 0.4) is 0 Å². The van der Waals surface area contributed by atoms with E-state index in [2.05, 4.69) is 10.7 Å². The number of nitrogens with one attached hydrogen (secondary N) is 2. The summed E-state index contributed by atoms with van der Waals surface area (Å²) in [6.45, 7) is 3.88. The third kappa shape index (κ3) is 2.95. The van der Waals surface area contributed by atoms with Gasteiger partial charge in [0.25, 0.3) is 5.91 Å². The van der Waals surface area contributed by atoms with Crippen LogP contribution in [0, 0.1) is 19.7 Å². The van der Waals surface area contributed by atoms with Crippen LogP contribution in [-0.4, -0.2) is 5.91 Å². The first kappa shape index (κ1) is 14.0. The van der Waals surface area contributed by atoms with E-state index in [0.717, 1.165) is 11.1 Å².